The molecule has 0 radical (unpaired) electrons. The Morgan fingerprint density at radius 1 is 0.635 bits per heavy atom. The minimum Gasteiger partial charge on any atom is -0.504 e. The van der Waals surface area contributed by atoms with Gasteiger partial charge >= 0.3 is 5.97 Å². The Balaban J connectivity index is 1.23. The Morgan fingerprint density at radius 3 is 1.83 bits per heavy atom. The SMILES string of the molecule is O=C(O[C@H]1CC2C(O)CC(O)CC2O[C@H]1C1=CC2C(C(=O)C(O)=C1)C(O)C(O)CC2[C@@H]1OC2CC(O)CC(O)C2C[C@@H]1O)C1CC(O)C(O)C(O)C1. The van der Waals surface area contributed by atoms with Crippen LogP contribution in [0.3, 0.4) is 0 Å². The van der Waals surface area contributed by atoms with Crippen LogP contribution in [0.4, 0.5) is 0 Å². The first-order valence-electron chi connectivity index (χ1n) is 18.6. The Bertz CT molecular complexity index is 1390. The van der Waals surface area contributed by atoms with Gasteiger partial charge in [-0.1, -0.05) is 6.08 Å². The zero-order valence-electron chi connectivity index (χ0n) is 28.6. The van der Waals surface area contributed by atoms with E-state index in [-0.39, 0.29) is 63.4 Å². The van der Waals surface area contributed by atoms with E-state index in [1.54, 1.807) is 6.08 Å². The molecule has 7 aliphatic rings. The van der Waals surface area contributed by atoms with Gasteiger partial charge in [0.15, 0.2) is 5.76 Å². The second-order valence-electron chi connectivity index (χ2n) is 16.4. The second kappa shape index (κ2) is 14.9. The Morgan fingerprint density at radius 2 is 1.19 bits per heavy atom. The molecule has 292 valence electrons. The summed E-state index contributed by atoms with van der Waals surface area (Å²) in [6.45, 7) is 0. The van der Waals surface area contributed by atoms with Crippen molar-refractivity contribution in [3.05, 3.63) is 23.5 Å². The van der Waals surface area contributed by atoms with Crippen molar-refractivity contribution in [2.75, 3.05) is 0 Å². The maximum absolute atomic E-state index is 13.8. The maximum atomic E-state index is 13.8. The van der Waals surface area contributed by atoms with Crippen molar-refractivity contribution in [1.82, 2.24) is 0 Å². The van der Waals surface area contributed by atoms with Crippen LogP contribution >= 0.6 is 0 Å². The van der Waals surface area contributed by atoms with Crippen LogP contribution in [0.5, 0.6) is 0 Å². The summed E-state index contributed by atoms with van der Waals surface area (Å²) in [6.07, 6.45) is -13.7. The number of carbonyl (C=O) groups is 2. The molecule has 6 fully saturated rings. The number of esters is 1. The highest BCUT2D eigenvalue weighted by molar-refractivity contribution is 5.97. The van der Waals surface area contributed by atoms with Crippen LogP contribution in [0, 0.1) is 35.5 Å². The number of carbonyl (C=O) groups excluding carboxylic acids is 2. The quantitative estimate of drug-likeness (QED) is 0.130. The van der Waals surface area contributed by atoms with E-state index in [1.807, 2.05) is 0 Å². The summed E-state index contributed by atoms with van der Waals surface area (Å²) >= 11 is 0. The molecule has 52 heavy (non-hydrogen) atoms. The topological polar surface area (TPSA) is 284 Å². The van der Waals surface area contributed by atoms with E-state index in [1.165, 1.54) is 0 Å². The highest BCUT2D eigenvalue weighted by Gasteiger charge is 2.56. The molecule has 0 aromatic rings. The van der Waals surface area contributed by atoms with Gasteiger partial charge in [0.25, 0.3) is 0 Å². The normalized spacial score (nSPS) is 52.6. The molecular formula is C36H52O16. The molecule has 16 nitrogen and oxygen atoms in total. The predicted octanol–water partition coefficient (Wildman–Crippen LogP) is -2.74. The Labute approximate surface area is 299 Å². The number of hydrogen-bond donors (Lipinski definition) is 11. The van der Waals surface area contributed by atoms with Crippen molar-refractivity contribution in [1.29, 1.82) is 0 Å². The summed E-state index contributed by atoms with van der Waals surface area (Å²) in [6, 6.07) is 0. The zero-order valence-corrected chi connectivity index (χ0v) is 28.6. The molecular weight excluding hydrogens is 688 g/mol. The van der Waals surface area contributed by atoms with Crippen molar-refractivity contribution in [3.8, 4) is 0 Å². The molecule has 5 aliphatic carbocycles. The van der Waals surface area contributed by atoms with Gasteiger partial charge in [0.2, 0.25) is 5.78 Å². The molecule has 7 rings (SSSR count). The molecule has 11 N–H and O–H groups in total. The molecule has 0 bridgehead atoms. The lowest BCUT2D eigenvalue weighted by atomic mass is 9.63. The zero-order chi connectivity index (χ0) is 37.3. The second-order valence-corrected chi connectivity index (χ2v) is 16.4. The van der Waals surface area contributed by atoms with E-state index >= 15 is 0 Å². The molecule has 0 amide bonds. The Hall–Kier alpha value is -2.06. The van der Waals surface area contributed by atoms with Gasteiger partial charge in [-0.3, -0.25) is 9.59 Å². The van der Waals surface area contributed by atoms with E-state index in [2.05, 4.69) is 0 Å². The predicted molar refractivity (Wildman–Crippen MR) is 174 cm³/mol. The number of hydrogen-bond acceptors (Lipinski definition) is 16. The van der Waals surface area contributed by atoms with Gasteiger partial charge in [-0.2, -0.15) is 0 Å². The summed E-state index contributed by atoms with van der Waals surface area (Å²) in [5, 5.41) is 118. The first kappa shape index (κ1) is 38.2. The van der Waals surface area contributed by atoms with Gasteiger partial charge in [-0.05, 0) is 81.3 Å². The fourth-order valence-corrected chi connectivity index (χ4v) is 10.3. The van der Waals surface area contributed by atoms with Crippen molar-refractivity contribution in [3.63, 3.8) is 0 Å². The van der Waals surface area contributed by atoms with Crippen LogP contribution in [0.25, 0.3) is 0 Å². The van der Waals surface area contributed by atoms with Crippen molar-refractivity contribution in [2.45, 2.75) is 149 Å². The largest absolute Gasteiger partial charge is 0.504 e. The summed E-state index contributed by atoms with van der Waals surface area (Å²) in [4.78, 5) is 27.4. The fraction of sp³-hybridized carbons (Fsp3) is 0.833. The average molecular weight is 741 g/mol. The third kappa shape index (κ3) is 7.10. The molecule has 0 aromatic heterocycles. The number of fused-ring (bicyclic) bond motifs is 3. The van der Waals surface area contributed by atoms with Crippen molar-refractivity contribution < 1.29 is 80.0 Å². The molecule has 15 unspecified atom stereocenters. The van der Waals surface area contributed by atoms with E-state index in [9.17, 15) is 65.8 Å². The number of rotatable bonds is 4. The molecule has 0 aromatic carbocycles. The lowest BCUT2D eigenvalue weighted by Gasteiger charge is -2.51. The van der Waals surface area contributed by atoms with Crippen LogP contribution in [0.1, 0.15) is 57.8 Å². The van der Waals surface area contributed by atoms with Gasteiger partial charge in [-0.15, -0.1) is 0 Å². The lowest BCUT2D eigenvalue weighted by molar-refractivity contribution is -0.224. The highest BCUT2D eigenvalue weighted by atomic mass is 16.6. The van der Waals surface area contributed by atoms with Crippen LogP contribution < -0.4 is 0 Å². The van der Waals surface area contributed by atoms with Gasteiger partial charge in [0, 0.05) is 11.8 Å². The standard InChI is InChI=1S/C36H52O16/c37-14-5-20(39)18-10-26(45)35(51-27(18)7-14)17-9-25(44)33(48)30-16(17)1-12(2-24(43)32(30)47)34-29(11-19-21(40)6-15(38)8-28(19)50-34)52-36(49)13-3-22(41)31(46)23(42)4-13/h1-2,13-23,25-31,33-35,37-46,48H,3-11H2/t13?,14?,15?,16?,17?,18?,19?,20?,21?,22?,23?,25?,26-,27?,28?,29-,30?,31?,33?,34-,35-/m0/s1. The molecule has 19 atom stereocenters. The van der Waals surface area contributed by atoms with Gasteiger partial charge in [0.1, 0.15) is 18.3 Å². The number of aliphatic hydroxyl groups is 11. The monoisotopic (exact) mass is 740 g/mol. The Kier molecular flexibility index (Phi) is 10.9. The molecule has 4 saturated carbocycles. The van der Waals surface area contributed by atoms with Crippen molar-refractivity contribution >= 4 is 11.8 Å². The summed E-state index contributed by atoms with van der Waals surface area (Å²) in [7, 11) is 0. The molecule has 0 spiro atoms. The first-order valence-corrected chi connectivity index (χ1v) is 18.6. The molecule has 2 saturated heterocycles. The van der Waals surface area contributed by atoms with Crippen molar-refractivity contribution in [2.24, 2.45) is 35.5 Å². The maximum Gasteiger partial charge on any atom is 0.309 e. The van der Waals surface area contributed by atoms with E-state index in [0.717, 1.165) is 6.08 Å². The molecule has 16 heteroatoms. The first-order chi connectivity index (χ1) is 24.6. The number of ether oxygens (including phenoxy) is 3. The van der Waals surface area contributed by atoms with Gasteiger partial charge < -0.3 is 70.4 Å². The van der Waals surface area contributed by atoms with E-state index in [4.69, 9.17) is 14.2 Å². The lowest BCUT2D eigenvalue weighted by Crippen LogP contribution is -2.59. The summed E-state index contributed by atoms with van der Waals surface area (Å²) in [5.41, 5.74) is 0.170. The minimum atomic E-state index is -1.61. The van der Waals surface area contributed by atoms with Crippen LogP contribution in [-0.2, 0) is 23.8 Å². The fourth-order valence-electron chi connectivity index (χ4n) is 10.3. The van der Waals surface area contributed by atoms with Crippen LogP contribution in [0.15, 0.2) is 23.5 Å². The summed E-state index contributed by atoms with van der Waals surface area (Å²) < 4.78 is 18.8. The number of ketones is 1. The third-order valence-corrected chi connectivity index (χ3v) is 13.0. The van der Waals surface area contributed by atoms with E-state index < -0.39 is 145 Å². The highest BCUT2D eigenvalue weighted by Crippen LogP contribution is 2.49. The minimum absolute atomic E-state index is 0.0480. The third-order valence-electron chi connectivity index (χ3n) is 13.0. The number of allylic oxidation sites excluding steroid dienone is 2. The average Bonchev–Trinajstić information content (AvgIpc) is 3.20. The molecule has 2 heterocycles. The summed E-state index contributed by atoms with van der Waals surface area (Å²) in [5.74, 6) is -7.63. The van der Waals surface area contributed by atoms with Gasteiger partial charge in [0.05, 0.1) is 85.1 Å². The van der Waals surface area contributed by atoms with Gasteiger partial charge in [-0.25, -0.2) is 0 Å². The van der Waals surface area contributed by atoms with Crippen LogP contribution in [0.2, 0.25) is 0 Å². The number of Topliss-reactive ketones (excluding diaryl/α,β-unsaturated/α-hetero) is 1. The smallest absolute Gasteiger partial charge is 0.309 e. The van der Waals surface area contributed by atoms with Crippen LogP contribution in [-0.4, -0.2) is 159 Å². The molecule has 2 aliphatic heterocycles. The number of aliphatic hydroxyl groups excluding tert-OH is 11. The van der Waals surface area contributed by atoms with E-state index in [0.29, 0.717) is 0 Å².